The maximum absolute atomic E-state index is 12.1. The Balaban J connectivity index is 2.35. The Morgan fingerprint density at radius 1 is 1.36 bits per heavy atom. The highest BCUT2D eigenvalue weighted by molar-refractivity contribution is 7.53. The van der Waals surface area contributed by atoms with Crippen LogP contribution in [0.5, 0.6) is 0 Å². The van der Waals surface area contributed by atoms with E-state index in [1.54, 1.807) is 18.4 Å². The zero-order chi connectivity index (χ0) is 18.8. The smallest absolute Gasteiger partial charge is 0.330 e. The molecule has 2 rings (SSSR count). The summed E-state index contributed by atoms with van der Waals surface area (Å²) in [6, 6.07) is -0.500. The zero-order valence-electron chi connectivity index (χ0n) is 14.7. The number of hydrogen-bond donors (Lipinski definition) is 3. The van der Waals surface area contributed by atoms with E-state index in [-0.39, 0.29) is 36.4 Å². The number of nitrogens with two attached hydrogens (primary N) is 1. The number of H-pyrrole nitrogens is 1. The van der Waals surface area contributed by atoms with Crippen LogP contribution in [0.3, 0.4) is 0 Å². The van der Waals surface area contributed by atoms with Crippen LogP contribution >= 0.6 is 7.60 Å². The number of nitrogens with one attached hydrogen (secondary N) is 1. The number of ether oxygens (including phenoxy) is 1. The van der Waals surface area contributed by atoms with Crippen LogP contribution in [0.2, 0.25) is 0 Å². The highest BCUT2D eigenvalue weighted by atomic mass is 31.2. The van der Waals surface area contributed by atoms with Gasteiger partial charge in [-0.15, -0.1) is 0 Å². The van der Waals surface area contributed by atoms with Crippen molar-refractivity contribution in [2.24, 2.45) is 0 Å². The van der Waals surface area contributed by atoms with E-state index in [1.165, 1.54) is 6.33 Å². The van der Waals surface area contributed by atoms with Gasteiger partial charge in [0.25, 0.3) is 5.56 Å². The van der Waals surface area contributed by atoms with Gasteiger partial charge in [0.1, 0.15) is 0 Å². The molecule has 0 radical (unpaired) electrons. The van der Waals surface area contributed by atoms with Gasteiger partial charge in [0.15, 0.2) is 11.2 Å². The standard InChI is InChI=1S/C14H24N5O5P/c1-8(2)23-5-10(6-24-25(21,22)9(3)4)19-7-16-11-12(19)17-14(15)18-13(11)20/h7-10H,5-6H2,1-4H3,(H,21,22)(H3,15,17,18,20)/t10-/m0/s1. The second-order valence-corrected chi connectivity index (χ2v) is 8.68. The molecular weight excluding hydrogens is 349 g/mol. The number of imidazole rings is 1. The number of rotatable bonds is 8. The minimum Gasteiger partial charge on any atom is -0.377 e. The Morgan fingerprint density at radius 2 is 2.04 bits per heavy atom. The van der Waals surface area contributed by atoms with Crippen molar-refractivity contribution in [2.75, 3.05) is 18.9 Å². The molecule has 0 saturated carbocycles. The summed E-state index contributed by atoms with van der Waals surface area (Å²) in [5.41, 5.74) is 5.00. The van der Waals surface area contributed by atoms with Gasteiger partial charge in [-0.1, -0.05) is 13.8 Å². The maximum atomic E-state index is 12.1. The van der Waals surface area contributed by atoms with Crippen molar-refractivity contribution in [1.82, 2.24) is 19.5 Å². The highest BCUT2D eigenvalue weighted by Gasteiger charge is 2.27. The molecule has 2 heterocycles. The van der Waals surface area contributed by atoms with Crippen LogP contribution in [-0.4, -0.2) is 49.4 Å². The SMILES string of the molecule is CC(C)OC[C@@H](COP(=O)(O)C(C)C)n1cnc2c(=O)[nH]c(N)nc21. The Morgan fingerprint density at radius 3 is 2.64 bits per heavy atom. The fourth-order valence-corrected chi connectivity index (χ4v) is 2.75. The van der Waals surface area contributed by atoms with Gasteiger partial charge in [-0.05, 0) is 13.8 Å². The fourth-order valence-electron chi connectivity index (χ4n) is 2.06. The average molecular weight is 373 g/mol. The van der Waals surface area contributed by atoms with Crippen molar-refractivity contribution in [2.45, 2.75) is 45.5 Å². The van der Waals surface area contributed by atoms with E-state index in [0.717, 1.165) is 0 Å². The molecule has 4 N–H and O–H groups in total. The molecule has 11 heteroatoms. The summed E-state index contributed by atoms with van der Waals surface area (Å²) in [6.07, 6.45) is 1.37. The van der Waals surface area contributed by atoms with Gasteiger partial charge in [-0.2, -0.15) is 4.98 Å². The van der Waals surface area contributed by atoms with Gasteiger partial charge in [0, 0.05) is 0 Å². The molecule has 2 atom stereocenters. The van der Waals surface area contributed by atoms with Gasteiger partial charge in [0.2, 0.25) is 5.95 Å². The molecule has 0 aliphatic carbocycles. The molecule has 0 aliphatic rings. The van der Waals surface area contributed by atoms with Gasteiger partial charge in [-0.3, -0.25) is 14.3 Å². The summed E-state index contributed by atoms with van der Waals surface area (Å²) < 4.78 is 24.5. The summed E-state index contributed by atoms with van der Waals surface area (Å²) in [6.45, 7) is 7.05. The predicted molar refractivity (Wildman–Crippen MR) is 93.6 cm³/mol. The van der Waals surface area contributed by atoms with Crippen LogP contribution in [0, 0.1) is 0 Å². The van der Waals surface area contributed by atoms with Crippen LogP contribution in [0.4, 0.5) is 5.95 Å². The molecule has 0 saturated heterocycles. The quantitative estimate of drug-likeness (QED) is 0.587. The second kappa shape index (κ2) is 7.65. The van der Waals surface area contributed by atoms with Crippen LogP contribution in [0.25, 0.3) is 11.2 Å². The summed E-state index contributed by atoms with van der Waals surface area (Å²) in [7, 11) is -3.75. The largest absolute Gasteiger partial charge is 0.377 e. The Labute approximate surface area is 144 Å². The lowest BCUT2D eigenvalue weighted by atomic mass is 10.3. The van der Waals surface area contributed by atoms with E-state index < -0.39 is 24.9 Å². The molecule has 0 fully saturated rings. The Kier molecular flexibility index (Phi) is 5.99. The molecule has 25 heavy (non-hydrogen) atoms. The number of aromatic nitrogens is 4. The molecule has 140 valence electrons. The predicted octanol–water partition coefficient (Wildman–Crippen LogP) is 1.28. The molecule has 0 aliphatic heterocycles. The number of nitrogen functional groups attached to an aromatic ring is 1. The van der Waals surface area contributed by atoms with Gasteiger partial charge in [0.05, 0.1) is 37.3 Å². The third kappa shape index (κ3) is 4.66. The van der Waals surface area contributed by atoms with E-state index >= 15 is 0 Å². The fraction of sp³-hybridized carbons (Fsp3) is 0.643. The van der Waals surface area contributed by atoms with E-state index in [4.69, 9.17) is 15.0 Å². The first-order chi connectivity index (χ1) is 11.6. The molecule has 0 spiro atoms. The zero-order valence-corrected chi connectivity index (χ0v) is 15.6. The monoisotopic (exact) mass is 373 g/mol. The van der Waals surface area contributed by atoms with Gasteiger partial charge in [-0.25, -0.2) is 4.98 Å². The molecule has 0 amide bonds. The lowest BCUT2D eigenvalue weighted by Gasteiger charge is -2.23. The van der Waals surface area contributed by atoms with Crippen molar-refractivity contribution >= 4 is 24.7 Å². The van der Waals surface area contributed by atoms with E-state index in [1.807, 2.05) is 13.8 Å². The van der Waals surface area contributed by atoms with Gasteiger partial charge >= 0.3 is 7.60 Å². The highest BCUT2D eigenvalue weighted by Crippen LogP contribution is 2.47. The Hall–Kier alpha value is -1.74. The minimum atomic E-state index is -3.75. The first kappa shape index (κ1) is 19.6. The van der Waals surface area contributed by atoms with Crippen LogP contribution in [-0.2, 0) is 13.8 Å². The molecule has 1 unspecified atom stereocenters. The summed E-state index contributed by atoms with van der Waals surface area (Å²) >= 11 is 0. The van der Waals surface area contributed by atoms with Crippen molar-refractivity contribution < 1.29 is 18.7 Å². The molecule has 2 aromatic rings. The van der Waals surface area contributed by atoms with Crippen molar-refractivity contribution in [3.8, 4) is 0 Å². The number of aromatic amines is 1. The first-order valence-corrected chi connectivity index (χ1v) is 9.57. The maximum Gasteiger partial charge on any atom is 0.330 e. The van der Waals surface area contributed by atoms with E-state index in [0.29, 0.717) is 0 Å². The van der Waals surface area contributed by atoms with Crippen LogP contribution < -0.4 is 11.3 Å². The minimum absolute atomic E-state index is 0.0429. The van der Waals surface area contributed by atoms with Crippen molar-refractivity contribution in [1.29, 1.82) is 0 Å². The molecule has 0 aromatic carbocycles. The van der Waals surface area contributed by atoms with E-state index in [2.05, 4.69) is 15.0 Å². The lowest BCUT2D eigenvalue weighted by Crippen LogP contribution is -2.23. The number of hydrogen-bond acceptors (Lipinski definition) is 7. The summed E-state index contributed by atoms with van der Waals surface area (Å²) in [4.78, 5) is 32.3. The van der Waals surface area contributed by atoms with Crippen molar-refractivity contribution in [3.63, 3.8) is 0 Å². The molecular formula is C14H24N5O5P. The van der Waals surface area contributed by atoms with Gasteiger partial charge < -0.3 is 24.5 Å². The molecule has 0 bridgehead atoms. The number of anilines is 1. The van der Waals surface area contributed by atoms with E-state index in [9.17, 15) is 14.3 Å². The first-order valence-electron chi connectivity index (χ1n) is 7.92. The summed E-state index contributed by atoms with van der Waals surface area (Å²) in [5.74, 6) is -0.0429. The normalized spacial score (nSPS) is 15.8. The second-order valence-electron chi connectivity index (χ2n) is 6.26. The third-order valence-electron chi connectivity index (χ3n) is 3.57. The molecule has 10 nitrogen and oxygen atoms in total. The number of nitrogens with zero attached hydrogens (tertiary/aromatic N) is 3. The van der Waals surface area contributed by atoms with Crippen LogP contribution in [0.15, 0.2) is 11.1 Å². The van der Waals surface area contributed by atoms with Crippen LogP contribution in [0.1, 0.15) is 33.7 Å². The summed E-state index contributed by atoms with van der Waals surface area (Å²) in [5, 5.41) is 0. The lowest BCUT2D eigenvalue weighted by molar-refractivity contribution is 0.0404. The Bertz CT molecular complexity index is 831. The average Bonchev–Trinajstić information content (AvgIpc) is 2.91. The molecule has 2 aromatic heterocycles. The third-order valence-corrected chi connectivity index (χ3v) is 5.39. The number of fused-ring (bicyclic) bond motifs is 1. The topological polar surface area (TPSA) is 145 Å². The van der Waals surface area contributed by atoms with Crippen molar-refractivity contribution in [3.05, 3.63) is 16.7 Å².